The normalized spacial score (nSPS) is 13.0. The van der Waals surface area contributed by atoms with Crippen molar-refractivity contribution in [3.8, 4) is 5.75 Å². The van der Waals surface area contributed by atoms with Crippen molar-refractivity contribution in [2.24, 2.45) is 0 Å². The van der Waals surface area contributed by atoms with Gasteiger partial charge in [0, 0.05) is 29.8 Å². The van der Waals surface area contributed by atoms with Gasteiger partial charge in [0.15, 0.2) is 0 Å². The molecule has 0 amide bonds. The maximum atomic E-state index is 12.9. The summed E-state index contributed by atoms with van der Waals surface area (Å²) < 4.78 is 56.4. The van der Waals surface area contributed by atoms with Crippen molar-refractivity contribution in [3.63, 3.8) is 0 Å². The van der Waals surface area contributed by atoms with Crippen LogP contribution in [-0.4, -0.2) is 35.2 Å². The third kappa shape index (κ3) is 5.75. The lowest BCUT2D eigenvalue weighted by Crippen LogP contribution is -2.27. The molecule has 2 aromatic carbocycles. The second-order valence-electron chi connectivity index (χ2n) is 8.04. The molecular weight excluding hydrogens is 430 g/mol. The van der Waals surface area contributed by atoms with Gasteiger partial charge in [-0.15, -0.1) is 0 Å². The average Bonchev–Trinajstić information content (AvgIpc) is 2.56. The molecule has 0 N–H and O–H groups in total. The van der Waals surface area contributed by atoms with Gasteiger partial charge in [-0.1, -0.05) is 38.5 Å². The van der Waals surface area contributed by atoms with Crippen molar-refractivity contribution < 1.29 is 21.0 Å². The summed E-state index contributed by atoms with van der Waals surface area (Å²) in [5, 5.41) is 0. The van der Waals surface area contributed by atoms with E-state index in [2.05, 4.69) is 0 Å². The van der Waals surface area contributed by atoms with Crippen LogP contribution in [0.3, 0.4) is 0 Å². The van der Waals surface area contributed by atoms with Crippen LogP contribution >= 0.6 is 10.8 Å². The molecule has 2 rings (SSSR count). The minimum Gasteiger partial charge on any atom is -0.370 e. The molecule has 0 saturated carbocycles. The van der Waals surface area contributed by atoms with Crippen LogP contribution in [-0.2, 0) is 24.6 Å². The van der Waals surface area contributed by atoms with Gasteiger partial charge in [-0.2, -0.15) is 12.7 Å². The molecule has 0 aliphatic carbocycles. The van der Waals surface area contributed by atoms with Crippen LogP contribution in [0.1, 0.15) is 37.5 Å². The Morgan fingerprint density at radius 3 is 1.97 bits per heavy atom. The Morgan fingerprint density at radius 2 is 1.48 bits per heavy atom. The lowest BCUT2D eigenvalue weighted by molar-refractivity contribution is 0.419. The largest absolute Gasteiger partial charge is 0.384 e. The Kier molecular flexibility index (Phi) is 6.79. The molecule has 9 heteroatoms. The van der Waals surface area contributed by atoms with Gasteiger partial charge in [0.05, 0.1) is 4.90 Å². The van der Waals surface area contributed by atoms with E-state index in [1.54, 1.807) is 43.3 Å². The SMILES string of the molecule is Cc1ccc(S(=O)(=O)Sc2cc(C)c(OS(=O)(=O)N(C)C)cc2C(C)(C)C)cc1. The summed E-state index contributed by atoms with van der Waals surface area (Å²) in [6.45, 7) is 9.39. The van der Waals surface area contributed by atoms with Crippen molar-refractivity contribution >= 4 is 30.0 Å². The first-order valence-corrected chi connectivity index (χ1v) is 13.1. The standard InChI is InChI=1S/C20H27NO5S3/c1-14-8-10-16(11-9-14)28(22,23)27-19-12-15(2)18(13-17(19)20(3,4)5)26-29(24,25)21(6)7/h8-13H,1-7H3. The molecule has 0 saturated heterocycles. The number of rotatable bonds is 6. The van der Waals surface area contributed by atoms with Crippen LogP contribution in [0, 0.1) is 13.8 Å². The molecule has 0 atom stereocenters. The van der Waals surface area contributed by atoms with E-state index in [1.807, 2.05) is 27.7 Å². The zero-order valence-corrected chi connectivity index (χ0v) is 20.1. The summed E-state index contributed by atoms with van der Waals surface area (Å²) in [4.78, 5) is 0.770. The highest BCUT2D eigenvalue weighted by Gasteiger charge is 2.27. The fourth-order valence-electron chi connectivity index (χ4n) is 2.47. The molecule has 2 aromatic rings. The smallest absolute Gasteiger partial charge is 0.370 e. The number of aryl methyl sites for hydroxylation is 2. The maximum absolute atomic E-state index is 12.9. The molecule has 0 aliphatic rings. The predicted octanol–water partition coefficient (Wildman–Crippen LogP) is 4.27. The lowest BCUT2D eigenvalue weighted by atomic mass is 9.86. The van der Waals surface area contributed by atoms with Crippen LogP contribution in [0.25, 0.3) is 0 Å². The van der Waals surface area contributed by atoms with E-state index in [0.29, 0.717) is 16.0 Å². The van der Waals surface area contributed by atoms with Gasteiger partial charge >= 0.3 is 10.3 Å². The maximum Gasteiger partial charge on any atom is 0.384 e. The van der Waals surface area contributed by atoms with Gasteiger partial charge in [0.25, 0.3) is 0 Å². The van der Waals surface area contributed by atoms with Crippen molar-refractivity contribution in [1.82, 2.24) is 4.31 Å². The number of hydrogen-bond acceptors (Lipinski definition) is 6. The first-order chi connectivity index (χ1) is 13.1. The molecular formula is C20H27NO5S3. The summed E-state index contributed by atoms with van der Waals surface area (Å²) in [5.41, 5.74) is 1.76. The van der Waals surface area contributed by atoms with Gasteiger partial charge in [0.1, 0.15) is 5.75 Å². The van der Waals surface area contributed by atoms with Crippen LogP contribution in [0.2, 0.25) is 0 Å². The van der Waals surface area contributed by atoms with E-state index in [-0.39, 0.29) is 10.6 Å². The monoisotopic (exact) mass is 457 g/mol. The Hall–Kier alpha value is -1.55. The summed E-state index contributed by atoms with van der Waals surface area (Å²) in [7, 11) is -4.04. The van der Waals surface area contributed by atoms with Crippen molar-refractivity contribution in [2.75, 3.05) is 14.1 Å². The predicted molar refractivity (Wildman–Crippen MR) is 117 cm³/mol. The highest BCUT2D eigenvalue weighted by molar-refractivity contribution is 8.72. The van der Waals surface area contributed by atoms with Gasteiger partial charge in [-0.25, -0.2) is 8.42 Å². The number of benzene rings is 2. The van der Waals surface area contributed by atoms with Gasteiger partial charge in [0.2, 0.25) is 8.87 Å². The summed E-state index contributed by atoms with van der Waals surface area (Å²) in [5.74, 6) is 0.181. The molecule has 6 nitrogen and oxygen atoms in total. The molecule has 0 bridgehead atoms. The van der Waals surface area contributed by atoms with E-state index < -0.39 is 24.6 Å². The fraction of sp³-hybridized carbons (Fsp3) is 0.400. The quantitative estimate of drug-likeness (QED) is 0.603. The van der Waals surface area contributed by atoms with E-state index in [0.717, 1.165) is 20.7 Å². The first-order valence-electron chi connectivity index (χ1n) is 8.92. The minimum absolute atomic E-state index is 0.181. The fourth-order valence-corrected chi connectivity index (χ4v) is 6.25. The minimum atomic E-state index is -3.92. The lowest BCUT2D eigenvalue weighted by Gasteiger charge is -2.24. The Morgan fingerprint density at radius 1 is 0.931 bits per heavy atom. The van der Waals surface area contributed by atoms with E-state index >= 15 is 0 Å². The zero-order chi connectivity index (χ0) is 22.2. The van der Waals surface area contributed by atoms with Crippen LogP contribution in [0.15, 0.2) is 46.2 Å². The zero-order valence-electron chi connectivity index (χ0n) is 17.7. The van der Waals surface area contributed by atoms with Crippen LogP contribution in [0.4, 0.5) is 0 Å². The van der Waals surface area contributed by atoms with Gasteiger partial charge < -0.3 is 4.18 Å². The first kappa shape index (κ1) is 23.7. The average molecular weight is 458 g/mol. The van der Waals surface area contributed by atoms with E-state index in [4.69, 9.17) is 4.18 Å². The molecule has 0 radical (unpaired) electrons. The molecule has 29 heavy (non-hydrogen) atoms. The molecule has 0 heterocycles. The second kappa shape index (κ2) is 8.29. The third-order valence-corrected chi connectivity index (χ3v) is 8.88. The van der Waals surface area contributed by atoms with Crippen LogP contribution in [0.5, 0.6) is 5.75 Å². The van der Waals surface area contributed by atoms with E-state index in [9.17, 15) is 16.8 Å². The third-order valence-electron chi connectivity index (χ3n) is 4.24. The molecule has 0 spiro atoms. The molecule has 0 aromatic heterocycles. The van der Waals surface area contributed by atoms with Crippen molar-refractivity contribution in [3.05, 3.63) is 53.1 Å². The summed E-state index contributed by atoms with van der Waals surface area (Å²) in [6, 6.07) is 9.96. The van der Waals surface area contributed by atoms with Crippen molar-refractivity contribution in [1.29, 1.82) is 0 Å². The molecule has 0 unspecified atom stereocenters. The van der Waals surface area contributed by atoms with Gasteiger partial charge in [-0.3, -0.25) is 0 Å². The summed E-state index contributed by atoms with van der Waals surface area (Å²) in [6.07, 6.45) is 0. The topological polar surface area (TPSA) is 80.8 Å². The molecule has 0 aliphatic heterocycles. The Bertz CT molecular complexity index is 1100. The van der Waals surface area contributed by atoms with Gasteiger partial charge in [-0.05, 0) is 54.7 Å². The van der Waals surface area contributed by atoms with Crippen molar-refractivity contribution in [2.45, 2.75) is 49.8 Å². The van der Waals surface area contributed by atoms with E-state index in [1.165, 1.54) is 14.1 Å². The Balaban J connectivity index is 2.55. The van der Waals surface area contributed by atoms with Crippen LogP contribution < -0.4 is 4.18 Å². The number of nitrogens with zero attached hydrogens (tertiary/aromatic N) is 1. The number of hydrogen-bond donors (Lipinski definition) is 0. The highest BCUT2D eigenvalue weighted by Crippen LogP contribution is 2.41. The highest BCUT2D eigenvalue weighted by atomic mass is 33.1. The Labute approximate surface area is 177 Å². The second-order valence-corrected chi connectivity index (χ2v) is 13.6. The summed E-state index contributed by atoms with van der Waals surface area (Å²) >= 11 is 0. The molecule has 0 fully saturated rings. The molecule has 160 valence electrons.